The van der Waals surface area contributed by atoms with Crippen molar-refractivity contribution in [1.29, 1.82) is 0 Å². The number of benzene rings is 2. The van der Waals surface area contributed by atoms with E-state index < -0.39 is 50.5 Å². The van der Waals surface area contributed by atoms with Crippen molar-refractivity contribution in [3.05, 3.63) is 71.8 Å². The van der Waals surface area contributed by atoms with Gasteiger partial charge in [-0.2, -0.15) is 0 Å². The number of aliphatic hydroxyl groups is 2. The van der Waals surface area contributed by atoms with E-state index in [9.17, 15) is 34.3 Å². The van der Waals surface area contributed by atoms with Gasteiger partial charge in [0.15, 0.2) is 0 Å². The van der Waals surface area contributed by atoms with E-state index in [1.54, 1.807) is 24.3 Å². The first-order valence-corrected chi connectivity index (χ1v) is 22.8. The number of carbonyl (C=O) groups is 3. The van der Waals surface area contributed by atoms with Gasteiger partial charge in [0.25, 0.3) is 0 Å². The van der Waals surface area contributed by atoms with Gasteiger partial charge in [0.2, 0.25) is 6.79 Å². The van der Waals surface area contributed by atoms with Gasteiger partial charge in [-0.25, -0.2) is 0 Å². The molecule has 0 aliphatic heterocycles. The number of carbonyl (C=O) groups excluding carboxylic acids is 2. The van der Waals surface area contributed by atoms with E-state index in [0.717, 1.165) is 56.1 Å². The highest BCUT2D eigenvalue weighted by Crippen LogP contribution is 2.68. The molecule has 2 aromatic carbocycles. The molecule has 0 radical (unpaired) electrons. The Labute approximate surface area is 337 Å². The second-order valence-electron chi connectivity index (χ2n) is 17.9. The summed E-state index contributed by atoms with van der Waals surface area (Å²) in [6.07, 6.45) is 7.29. The quantitative estimate of drug-likeness (QED) is 0.0750. The van der Waals surface area contributed by atoms with Gasteiger partial charge in [-0.15, -0.1) is 0 Å². The zero-order valence-corrected chi connectivity index (χ0v) is 34.7. The van der Waals surface area contributed by atoms with Gasteiger partial charge < -0.3 is 33.8 Å². The number of aliphatic hydroxyl groups excluding tert-OH is 2. The van der Waals surface area contributed by atoms with Crippen LogP contribution in [0.4, 0.5) is 0 Å². The molecule has 3 N–H and O–H groups in total. The average molecular weight is 811 g/mol. The lowest BCUT2D eigenvalue weighted by atomic mass is 9.43. The molecule has 0 aromatic heterocycles. The smallest absolute Gasteiger partial charge is 0.332 e. The highest BCUT2D eigenvalue weighted by Gasteiger charge is 2.63. The van der Waals surface area contributed by atoms with E-state index in [4.69, 9.17) is 18.5 Å². The predicted octanol–water partition coefficient (Wildman–Crippen LogP) is 8.54. The Morgan fingerprint density at radius 1 is 0.789 bits per heavy atom. The van der Waals surface area contributed by atoms with Gasteiger partial charge >= 0.3 is 25.5 Å². The van der Waals surface area contributed by atoms with Crippen LogP contribution in [0.5, 0.6) is 0 Å². The molecule has 4 aliphatic rings. The van der Waals surface area contributed by atoms with Crippen molar-refractivity contribution in [3.63, 3.8) is 0 Å². The molecule has 0 bridgehead atoms. The van der Waals surface area contributed by atoms with Crippen molar-refractivity contribution in [2.45, 2.75) is 123 Å². The van der Waals surface area contributed by atoms with Crippen LogP contribution in [0, 0.1) is 52.3 Å². The van der Waals surface area contributed by atoms with Crippen molar-refractivity contribution in [3.8, 4) is 0 Å². The molecule has 0 spiro atoms. The topological polar surface area (TPSA) is 166 Å². The number of carboxylic acids is 1. The van der Waals surface area contributed by atoms with E-state index >= 15 is 0 Å². The maximum Gasteiger partial charge on any atom is 0.332 e. The Balaban J connectivity index is 0.943. The summed E-state index contributed by atoms with van der Waals surface area (Å²) in [7, 11) is -3.94. The zero-order valence-electron chi connectivity index (χ0n) is 33.8. The normalized spacial score (nSPS) is 31.9. The van der Waals surface area contributed by atoms with Gasteiger partial charge in [-0.3, -0.25) is 18.9 Å². The Kier molecular flexibility index (Phi) is 14.4. The van der Waals surface area contributed by atoms with Crippen molar-refractivity contribution in [2.24, 2.45) is 52.3 Å². The second kappa shape index (κ2) is 18.9. The van der Waals surface area contributed by atoms with Crippen LogP contribution in [0.15, 0.2) is 60.7 Å². The van der Waals surface area contributed by atoms with Crippen LogP contribution in [0.3, 0.4) is 0 Å². The molecule has 6 rings (SSSR count). The molecule has 57 heavy (non-hydrogen) atoms. The number of fused-ring (bicyclic) bond motifs is 5. The van der Waals surface area contributed by atoms with Gasteiger partial charge in [-0.05, 0) is 122 Å². The van der Waals surface area contributed by atoms with E-state index in [0.29, 0.717) is 30.1 Å². The number of hydrogen-bond acceptors (Lipinski definition) is 10. The van der Waals surface area contributed by atoms with Gasteiger partial charge in [-0.1, -0.05) is 81.4 Å². The van der Waals surface area contributed by atoms with Crippen LogP contribution in [0.25, 0.3) is 0 Å². The molecule has 0 heterocycles. The molecule has 7 unspecified atom stereocenters. The molecule has 0 saturated heterocycles. The third kappa shape index (κ3) is 10.2. The minimum Gasteiger partial charge on any atom is -0.481 e. The molecular formula is C45H63O11P. The predicted molar refractivity (Wildman–Crippen MR) is 213 cm³/mol. The molecule has 4 aliphatic carbocycles. The first-order chi connectivity index (χ1) is 27.2. The standard InChI is InChI=1S/C45H63O11P/c1-30(37-18-19-38-36-17-16-34-24-35(46)22-23-44(34,2)39(36)25-40(47)45(37,38)3)14-20-41(48)53-29-54-42(49)21-15-33(43(50)51)28-57(52,55-26-31-10-6-4-7-11-31)56-27-32-12-8-5-9-13-32/h4-13,30,33-40,46-47H,14-29H2,1-3H3,(H,50,51)/t30?,33?,34?,35-,36?,37?,38?,39?,40+,44+,45-/m1/s1. The fourth-order valence-electron chi connectivity index (χ4n) is 11.5. The van der Waals surface area contributed by atoms with Crippen molar-refractivity contribution >= 4 is 25.5 Å². The van der Waals surface area contributed by atoms with Crippen LogP contribution < -0.4 is 0 Å². The van der Waals surface area contributed by atoms with E-state index in [-0.39, 0.29) is 61.2 Å². The molecule has 314 valence electrons. The fraction of sp³-hybridized carbons (Fsp3) is 0.667. The first kappa shape index (κ1) is 43.5. The summed E-state index contributed by atoms with van der Waals surface area (Å²) in [5, 5.41) is 32.2. The summed E-state index contributed by atoms with van der Waals surface area (Å²) in [5.41, 5.74) is 1.47. The number of hydrogen-bond donors (Lipinski definition) is 3. The third-order valence-electron chi connectivity index (χ3n) is 14.8. The van der Waals surface area contributed by atoms with Crippen molar-refractivity contribution < 1.29 is 52.8 Å². The number of aliphatic carboxylic acids is 1. The number of carboxylic acid groups (broad SMARTS) is 1. The molecule has 4 fully saturated rings. The van der Waals surface area contributed by atoms with Crippen LogP contribution in [0.2, 0.25) is 0 Å². The Morgan fingerprint density at radius 3 is 1.98 bits per heavy atom. The van der Waals surface area contributed by atoms with Crippen LogP contribution in [-0.2, 0) is 50.7 Å². The van der Waals surface area contributed by atoms with Crippen molar-refractivity contribution in [2.75, 3.05) is 13.0 Å². The Hall–Kier alpha value is -3.08. The van der Waals surface area contributed by atoms with Gasteiger partial charge in [0, 0.05) is 12.8 Å². The monoisotopic (exact) mass is 810 g/mol. The summed E-state index contributed by atoms with van der Waals surface area (Å²) >= 11 is 0. The molecule has 12 heteroatoms. The highest BCUT2D eigenvalue weighted by atomic mass is 31.2. The fourth-order valence-corrected chi connectivity index (χ4v) is 13.4. The molecular weight excluding hydrogens is 747 g/mol. The van der Waals surface area contributed by atoms with Gasteiger partial charge in [0.1, 0.15) is 0 Å². The lowest BCUT2D eigenvalue weighted by molar-refractivity contribution is -0.175. The minimum atomic E-state index is -3.94. The SMILES string of the molecule is CC(CCC(=O)OCOC(=O)CCC(CP(=O)(OCc1ccccc1)OCc1ccccc1)C(=O)O)C1CCC2C3CCC4C[C@H](O)CC[C@]4(C)C3C[C@H](O)[C@]12C. The zero-order chi connectivity index (χ0) is 40.8. The largest absolute Gasteiger partial charge is 0.481 e. The Morgan fingerprint density at radius 2 is 1.39 bits per heavy atom. The Bertz CT molecular complexity index is 1660. The summed E-state index contributed by atoms with van der Waals surface area (Å²) in [4.78, 5) is 37.6. The van der Waals surface area contributed by atoms with E-state index in [2.05, 4.69) is 20.8 Å². The molecule has 4 saturated carbocycles. The maximum absolute atomic E-state index is 13.9. The van der Waals surface area contributed by atoms with Crippen LogP contribution >= 0.6 is 7.60 Å². The highest BCUT2D eigenvalue weighted by molar-refractivity contribution is 7.53. The average Bonchev–Trinajstić information content (AvgIpc) is 3.57. The third-order valence-corrected chi connectivity index (χ3v) is 16.7. The van der Waals surface area contributed by atoms with Crippen LogP contribution in [-0.4, -0.2) is 58.4 Å². The number of rotatable bonds is 18. The number of ether oxygens (including phenoxy) is 2. The molecule has 11 nitrogen and oxygen atoms in total. The summed E-state index contributed by atoms with van der Waals surface area (Å²) in [5.74, 6) is -1.17. The van der Waals surface area contributed by atoms with Crippen LogP contribution in [0.1, 0.15) is 109 Å². The lowest BCUT2D eigenvalue weighted by Crippen LogP contribution is -2.58. The molecule has 0 amide bonds. The maximum atomic E-state index is 13.9. The molecule has 2 aromatic rings. The van der Waals surface area contributed by atoms with Gasteiger partial charge in [0.05, 0.1) is 37.5 Å². The summed E-state index contributed by atoms with van der Waals surface area (Å²) < 4.78 is 35.8. The number of esters is 2. The first-order valence-electron chi connectivity index (χ1n) is 21.1. The summed E-state index contributed by atoms with van der Waals surface area (Å²) in [6.45, 7) is 6.22. The minimum absolute atomic E-state index is 0.0400. The van der Waals surface area contributed by atoms with E-state index in [1.807, 2.05) is 36.4 Å². The van der Waals surface area contributed by atoms with Crippen molar-refractivity contribution in [1.82, 2.24) is 0 Å². The lowest BCUT2D eigenvalue weighted by Gasteiger charge is -2.62. The molecule has 11 atom stereocenters. The summed E-state index contributed by atoms with van der Waals surface area (Å²) in [6, 6.07) is 18.1. The van der Waals surface area contributed by atoms with E-state index in [1.165, 1.54) is 6.42 Å². The second-order valence-corrected chi connectivity index (χ2v) is 20.0.